The van der Waals surface area contributed by atoms with Crippen LogP contribution in [0.4, 0.5) is 11.4 Å². The van der Waals surface area contributed by atoms with Crippen LogP contribution in [0.15, 0.2) is 139 Å². The maximum Gasteiger partial charge on any atom is 0.488 e. The van der Waals surface area contributed by atoms with E-state index >= 15 is 0 Å². The fourth-order valence-corrected chi connectivity index (χ4v) is 6.05. The van der Waals surface area contributed by atoms with Crippen molar-refractivity contribution in [2.24, 2.45) is 0 Å². The second-order valence-electron chi connectivity index (χ2n) is 10.8. The molecular weight excluding hydrogens is 515 g/mol. The van der Waals surface area contributed by atoms with Gasteiger partial charge in [0.25, 0.3) is 0 Å². The van der Waals surface area contributed by atoms with Crippen LogP contribution in [-0.2, 0) is 0 Å². The Kier molecular flexibility index (Phi) is 6.75. The van der Waals surface area contributed by atoms with Crippen LogP contribution in [0.5, 0.6) is 0 Å². The van der Waals surface area contributed by atoms with Gasteiger partial charge in [-0.05, 0) is 96.5 Å². The average molecular weight is 546 g/mol. The number of para-hydroxylation sites is 2. The Bertz CT molecular complexity index is 1970. The molecule has 42 heavy (non-hydrogen) atoms. The van der Waals surface area contributed by atoms with E-state index in [9.17, 15) is 10.0 Å². The van der Waals surface area contributed by atoms with E-state index in [1.54, 1.807) is 6.07 Å². The molecule has 2 N–H and O–H groups in total. The lowest BCUT2D eigenvalue weighted by Gasteiger charge is -2.29. The summed E-state index contributed by atoms with van der Waals surface area (Å²) in [5.41, 5.74) is 10.6. The van der Waals surface area contributed by atoms with Gasteiger partial charge in [-0.2, -0.15) is 0 Å². The number of benzene rings is 5. The van der Waals surface area contributed by atoms with Crippen LogP contribution >= 0.6 is 0 Å². The molecule has 7 rings (SSSR count). The summed E-state index contributed by atoms with van der Waals surface area (Å²) >= 11 is 0. The quantitative estimate of drug-likeness (QED) is 0.210. The van der Waals surface area contributed by atoms with Crippen molar-refractivity contribution in [2.75, 3.05) is 4.90 Å². The predicted molar refractivity (Wildman–Crippen MR) is 176 cm³/mol. The summed E-state index contributed by atoms with van der Waals surface area (Å²) in [4.78, 5) is 2.34. The van der Waals surface area contributed by atoms with Crippen molar-refractivity contribution in [2.45, 2.75) is 19.8 Å². The topological polar surface area (TPSA) is 48.6 Å². The monoisotopic (exact) mass is 546 g/mol. The van der Waals surface area contributed by atoms with Crippen LogP contribution in [-0.4, -0.2) is 21.7 Å². The molecule has 1 aromatic heterocycles. The molecule has 0 fully saturated rings. The van der Waals surface area contributed by atoms with E-state index in [0.29, 0.717) is 5.46 Å². The molecule has 0 amide bonds. The van der Waals surface area contributed by atoms with Gasteiger partial charge < -0.3 is 19.5 Å². The van der Waals surface area contributed by atoms with Gasteiger partial charge in [0.15, 0.2) is 0 Å². The highest BCUT2D eigenvalue weighted by molar-refractivity contribution is 6.59. The Balaban J connectivity index is 1.34. The summed E-state index contributed by atoms with van der Waals surface area (Å²) in [7, 11) is -1.52. The summed E-state index contributed by atoms with van der Waals surface area (Å²) in [6.07, 6.45) is 8.90. The van der Waals surface area contributed by atoms with Crippen molar-refractivity contribution in [1.29, 1.82) is 0 Å². The molecule has 0 saturated heterocycles. The number of aromatic nitrogens is 1. The first-order valence-corrected chi connectivity index (χ1v) is 14.4. The molecule has 5 aromatic carbocycles. The second kappa shape index (κ2) is 10.9. The first-order chi connectivity index (χ1) is 20.6. The normalized spacial score (nSPS) is 13.0. The Morgan fingerprint density at radius 3 is 2.10 bits per heavy atom. The third-order valence-electron chi connectivity index (χ3n) is 8.15. The number of hydrogen-bond donors (Lipinski definition) is 2. The Hall–Kier alpha value is -4.84. The van der Waals surface area contributed by atoms with Crippen molar-refractivity contribution in [1.82, 2.24) is 4.57 Å². The Morgan fingerprint density at radius 1 is 0.690 bits per heavy atom. The molecule has 1 aliphatic rings. The minimum atomic E-state index is -1.52. The molecule has 4 nitrogen and oxygen atoms in total. The van der Waals surface area contributed by atoms with Gasteiger partial charge in [-0.25, -0.2) is 0 Å². The summed E-state index contributed by atoms with van der Waals surface area (Å²) in [6, 6.07) is 39.8. The van der Waals surface area contributed by atoms with Crippen molar-refractivity contribution >= 4 is 45.8 Å². The van der Waals surface area contributed by atoms with Crippen molar-refractivity contribution in [3.8, 4) is 16.8 Å². The molecular formula is C37H31BN2O2. The smallest absolute Gasteiger partial charge is 0.423 e. The molecule has 1 aliphatic carbocycles. The zero-order valence-corrected chi connectivity index (χ0v) is 23.5. The van der Waals surface area contributed by atoms with Gasteiger partial charge in [-0.1, -0.05) is 78.9 Å². The third kappa shape index (κ3) is 4.63. The van der Waals surface area contributed by atoms with Crippen LogP contribution in [0.25, 0.3) is 38.6 Å². The average Bonchev–Trinajstić information content (AvgIpc) is 3.36. The van der Waals surface area contributed by atoms with E-state index in [-0.39, 0.29) is 0 Å². The number of hydrogen-bond acceptors (Lipinski definition) is 3. The van der Waals surface area contributed by atoms with Gasteiger partial charge in [-0.3, -0.25) is 0 Å². The van der Waals surface area contributed by atoms with Gasteiger partial charge >= 0.3 is 7.12 Å². The maximum absolute atomic E-state index is 9.91. The number of allylic oxidation sites excluding steroid dienone is 3. The van der Waals surface area contributed by atoms with E-state index in [1.807, 2.05) is 30.3 Å². The van der Waals surface area contributed by atoms with Crippen LogP contribution in [0.1, 0.15) is 18.4 Å². The van der Waals surface area contributed by atoms with Gasteiger partial charge in [0.2, 0.25) is 0 Å². The fourth-order valence-electron chi connectivity index (χ4n) is 6.05. The molecule has 0 spiro atoms. The van der Waals surface area contributed by atoms with E-state index < -0.39 is 7.12 Å². The third-order valence-corrected chi connectivity index (χ3v) is 8.15. The highest BCUT2D eigenvalue weighted by atomic mass is 16.4. The summed E-state index contributed by atoms with van der Waals surface area (Å²) in [6.45, 7) is 2.16. The van der Waals surface area contributed by atoms with Gasteiger partial charge in [0.05, 0.1) is 11.0 Å². The molecule has 0 unspecified atom stereocenters. The summed E-state index contributed by atoms with van der Waals surface area (Å²) in [5, 5.41) is 21.9. The summed E-state index contributed by atoms with van der Waals surface area (Å²) < 4.78 is 2.23. The molecule has 6 aromatic rings. The van der Waals surface area contributed by atoms with Gasteiger partial charge in [0, 0.05) is 33.5 Å². The number of nitrogens with zero attached hydrogens (tertiary/aromatic N) is 2. The number of fused-ring (bicyclic) bond motifs is 3. The first-order valence-electron chi connectivity index (χ1n) is 14.4. The first kappa shape index (κ1) is 26.1. The van der Waals surface area contributed by atoms with Crippen molar-refractivity contribution < 1.29 is 10.0 Å². The van der Waals surface area contributed by atoms with Gasteiger partial charge in [-0.15, -0.1) is 0 Å². The minimum absolute atomic E-state index is 0.478. The summed E-state index contributed by atoms with van der Waals surface area (Å²) in [5.74, 6) is 0. The Labute approximate surface area is 246 Å². The largest absolute Gasteiger partial charge is 0.488 e. The molecule has 5 heteroatoms. The molecule has 0 bridgehead atoms. The maximum atomic E-state index is 9.91. The van der Waals surface area contributed by atoms with E-state index in [4.69, 9.17) is 0 Å². The fraction of sp³-hybridized carbons (Fsp3) is 0.0811. The Morgan fingerprint density at radius 2 is 1.38 bits per heavy atom. The zero-order valence-electron chi connectivity index (χ0n) is 23.5. The number of aryl methyl sites for hydroxylation is 1. The van der Waals surface area contributed by atoms with E-state index in [2.05, 4.69) is 113 Å². The van der Waals surface area contributed by atoms with Crippen LogP contribution in [0.2, 0.25) is 0 Å². The van der Waals surface area contributed by atoms with Crippen LogP contribution in [0.3, 0.4) is 0 Å². The highest BCUT2D eigenvalue weighted by Crippen LogP contribution is 2.37. The lowest BCUT2D eigenvalue weighted by molar-refractivity contribution is 0.426. The second-order valence-corrected chi connectivity index (χ2v) is 10.8. The predicted octanol–water partition coefficient (Wildman–Crippen LogP) is 7.81. The standard InChI is InChI=1S/C37H31BN2O2/c1-26-10-8-9-15-35(26)39(30-11-4-2-5-12-30)32-20-16-27(17-21-32)28-18-22-36-33(24-28)34-25-29(38(41)42)19-23-37(34)40(36)31-13-6-3-7-14-31/h3-4,6-25,41-42H,2,5H2,1H3. The van der Waals surface area contributed by atoms with Crippen molar-refractivity contribution in [3.63, 3.8) is 0 Å². The number of rotatable bonds is 6. The molecule has 0 radical (unpaired) electrons. The van der Waals surface area contributed by atoms with Crippen molar-refractivity contribution in [3.05, 3.63) is 145 Å². The lowest BCUT2D eigenvalue weighted by atomic mass is 9.80. The SMILES string of the molecule is Cc1ccccc1N(C1=CCCC=C1)c1ccc(-c2ccc3c(c2)c2cc(B(O)O)ccc2n3-c2ccccc2)cc1. The molecule has 1 heterocycles. The zero-order chi connectivity index (χ0) is 28.6. The van der Waals surface area contributed by atoms with E-state index in [1.165, 1.54) is 16.9 Å². The molecule has 204 valence electrons. The molecule has 0 aliphatic heterocycles. The highest BCUT2D eigenvalue weighted by Gasteiger charge is 2.19. The lowest BCUT2D eigenvalue weighted by Crippen LogP contribution is -2.29. The van der Waals surface area contributed by atoms with E-state index in [0.717, 1.165) is 57.1 Å². The molecule has 0 saturated carbocycles. The van der Waals surface area contributed by atoms with Crippen LogP contribution in [0, 0.1) is 6.92 Å². The van der Waals surface area contributed by atoms with Crippen LogP contribution < -0.4 is 10.4 Å². The number of anilines is 2. The molecule has 0 atom stereocenters. The minimum Gasteiger partial charge on any atom is -0.423 e. The van der Waals surface area contributed by atoms with Gasteiger partial charge in [0.1, 0.15) is 0 Å².